The number of carbonyl (C=O) groups is 2. The molecule has 0 unspecified atom stereocenters. The van der Waals surface area contributed by atoms with Gasteiger partial charge in [0.25, 0.3) is 5.91 Å². The number of fused-ring (bicyclic) bond motifs is 3. The molecule has 0 radical (unpaired) electrons. The van der Waals surface area contributed by atoms with Crippen molar-refractivity contribution in [1.29, 1.82) is 0 Å². The van der Waals surface area contributed by atoms with E-state index >= 15 is 0 Å². The molecule has 0 N–H and O–H groups in total. The van der Waals surface area contributed by atoms with Crippen LogP contribution in [0.15, 0.2) is 66.7 Å². The summed E-state index contributed by atoms with van der Waals surface area (Å²) in [5, 5.41) is 0. The van der Waals surface area contributed by atoms with Crippen LogP contribution in [0.5, 0.6) is 5.75 Å². The Bertz CT molecular complexity index is 1150. The highest BCUT2D eigenvalue weighted by Crippen LogP contribution is 2.37. The molecule has 1 aliphatic heterocycles. The quantitative estimate of drug-likeness (QED) is 0.526. The molecule has 0 saturated carbocycles. The lowest BCUT2D eigenvalue weighted by atomic mass is 10.0. The van der Waals surface area contributed by atoms with E-state index < -0.39 is 0 Å². The molecule has 1 saturated heterocycles. The summed E-state index contributed by atoms with van der Waals surface area (Å²) in [5.74, 6) is 0.805. The maximum atomic E-state index is 13.1. The Kier molecular flexibility index (Phi) is 4.51. The van der Waals surface area contributed by atoms with Crippen molar-refractivity contribution in [2.24, 2.45) is 0 Å². The third kappa shape index (κ3) is 3.03. The molecule has 30 heavy (non-hydrogen) atoms. The van der Waals surface area contributed by atoms with Crippen LogP contribution in [0.25, 0.3) is 11.1 Å². The fourth-order valence-electron chi connectivity index (χ4n) is 4.32. The Morgan fingerprint density at radius 3 is 2.30 bits per heavy atom. The van der Waals surface area contributed by atoms with E-state index in [1.54, 1.807) is 13.2 Å². The minimum Gasteiger partial charge on any atom is -0.497 e. The van der Waals surface area contributed by atoms with Crippen LogP contribution >= 0.6 is 0 Å². The molecule has 5 rings (SSSR count). The van der Waals surface area contributed by atoms with Gasteiger partial charge in [-0.05, 0) is 35.4 Å². The van der Waals surface area contributed by atoms with Crippen molar-refractivity contribution in [2.45, 2.75) is 0 Å². The molecule has 1 fully saturated rings. The number of rotatable bonds is 3. The first-order valence-corrected chi connectivity index (χ1v) is 10.1. The average Bonchev–Trinajstić information content (AvgIpc) is 3.10. The maximum Gasteiger partial charge on any atom is 0.253 e. The summed E-state index contributed by atoms with van der Waals surface area (Å²) in [6, 6.07) is 21.1. The molecule has 5 nitrogen and oxygen atoms in total. The summed E-state index contributed by atoms with van der Waals surface area (Å²) < 4.78 is 5.31. The van der Waals surface area contributed by atoms with Crippen molar-refractivity contribution < 1.29 is 14.3 Å². The molecule has 0 bridgehead atoms. The van der Waals surface area contributed by atoms with Crippen molar-refractivity contribution in [3.63, 3.8) is 0 Å². The number of carbonyl (C=O) groups excluding carboxylic acids is 2. The fraction of sp³-hybridized carbons (Fsp3) is 0.200. The predicted octanol–water partition coefficient (Wildman–Crippen LogP) is 3.87. The SMILES string of the molecule is COc1cccc(N2CCN(C(=O)c3ccc4c(c3)C(=O)c3ccccc3-4)CC2)c1. The van der Waals surface area contributed by atoms with Gasteiger partial charge in [-0.2, -0.15) is 0 Å². The molecular weight excluding hydrogens is 376 g/mol. The second-order valence-corrected chi connectivity index (χ2v) is 7.62. The largest absolute Gasteiger partial charge is 0.497 e. The van der Waals surface area contributed by atoms with Gasteiger partial charge in [0, 0.05) is 54.6 Å². The molecule has 3 aromatic rings. The topological polar surface area (TPSA) is 49.9 Å². The van der Waals surface area contributed by atoms with Crippen molar-refractivity contribution in [3.8, 4) is 16.9 Å². The number of ketones is 1. The van der Waals surface area contributed by atoms with Gasteiger partial charge >= 0.3 is 0 Å². The van der Waals surface area contributed by atoms with Gasteiger partial charge in [0.15, 0.2) is 5.78 Å². The van der Waals surface area contributed by atoms with E-state index in [4.69, 9.17) is 4.74 Å². The van der Waals surface area contributed by atoms with Crippen LogP contribution in [0.2, 0.25) is 0 Å². The highest BCUT2D eigenvalue weighted by Gasteiger charge is 2.28. The van der Waals surface area contributed by atoms with Gasteiger partial charge in [-0.3, -0.25) is 9.59 Å². The Hall–Kier alpha value is -3.60. The van der Waals surface area contributed by atoms with Crippen LogP contribution < -0.4 is 9.64 Å². The minimum atomic E-state index is -0.0214. The standard InChI is InChI=1S/C25H22N2O3/c1-30-19-6-4-5-18(16-19)26-11-13-27(14-12-26)25(29)17-9-10-21-20-7-2-3-8-22(20)24(28)23(21)15-17/h2-10,15-16H,11-14H2,1H3. The molecule has 1 aliphatic carbocycles. The Labute approximate surface area is 175 Å². The summed E-state index contributed by atoms with van der Waals surface area (Å²) >= 11 is 0. The van der Waals surface area contributed by atoms with Gasteiger partial charge in [-0.1, -0.05) is 36.4 Å². The van der Waals surface area contributed by atoms with Crippen molar-refractivity contribution >= 4 is 17.4 Å². The van der Waals surface area contributed by atoms with E-state index in [1.165, 1.54) is 0 Å². The summed E-state index contributed by atoms with van der Waals surface area (Å²) in [4.78, 5) is 30.0. The molecule has 0 atom stereocenters. The Morgan fingerprint density at radius 1 is 0.800 bits per heavy atom. The smallest absolute Gasteiger partial charge is 0.253 e. The van der Waals surface area contributed by atoms with E-state index in [0.717, 1.165) is 35.7 Å². The number of piperazine rings is 1. The zero-order valence-electron chi connectivity index (χ0n) is 16.8. The van der Waals surface area contributed by atoms with Gasteiger partial charge in [0.05, 0.1) is 7.11 Å². The van der Waals surface area contributed by atoms with Crippen LogP contribution in [-0.4, -0.2) is 49.9 Å². The normalized spacial score (nSPS) is 15.0. The summed E-state index contributed by atoms with van der Waals surface area (Å²) in [6.07, 6.45) is 0. The van der Waals surface area contributed by atoms with Crippen LogP contribution in [0, 0.1) is 0 Å². The molecule has 1 amide bonds. The lowest BCUT2D eigenvalue weighted by molar-refractivity contribution is 0.0747. The Balaban J connectivity index is 1.32. The van der Waals surface area contributed by atoms with E-state index in [9.17, 15) is 9.59 Å². The van der Waals surface area contributed by atoms with Crippen LogP contribution in [0.3, 0.4) is 0 Å². The van der Waals surface area contributed by atoms with Gasteiger partial charge < -0.3 is 14.5 Å². The third-order valence-corrected chi connectivity index (χ3v) is 5.96. The van der Waals surface area contributed by atoms with Gasteiger partial charge in [0.1, 0.15) is 5.75 Å². The molecule has 0 aromatic heterocycles. The van der Waals surface area contributed by atoms with Crippen LogP contribution in [0.1, 0.15) is 26.3 Å². The average molecular weight is 398 g/mol. The van der Waals surface area contributed by atoms with Crippen LogP contribution in [0.4, 0.5) is 5.69 Å². The first kappa shape index (κ1) is 18.4. The molecule has 0 spiro atoms. The highest BCUT2D eigenvalue weighted by atomic mass is 16.5. The lowest BCUT2D eigenvalue weighted by Gasteiger charge is -2.36. The number of ether oxygens (including phenoxy) is 1. The van der Waals surface area contributed by atoms with Crippen LogP contribution in [-0.2, 0) is 0 Å². The predicted molar refractivity (Wildman–Crippen MR) is 116 cm³/mol. The molecule has 150 valence electrons. The molecule has 1 heterocycles. The molecular formula is C25H22N2O3. The summed E-state index contributed by atoms with van der Waals surface area (Å²) in [6.45, 7) is 2.80. The Morgan fingerprint density at radius 2 is 1.53 bits per heavy atom. The van der Waals surface area contributed by atoms with Gasteiger partial charge in [-0.25, -0.2) is 0 Å². The second kappa shape index (κ2) is 7.34. The van der Waals surface area contributed by atoms with E-state index in [-0.39, 0.29) is 11.7 Å². The molecule has 2 aliphatic rings. The van der Waals surface area contributed by atoms with E-state index in [0.29, 0.717) is 29.8 Å². The third-order valence-electron chi connectivity index (χ3n) is 5.96. The number of anilines is 1. The first-order valence-electron chi connectivity index (χ1n) is 10.1. The van der Waals surface area contributed by atoms with Gasteiger partial charge in [0.2, 0.25) is 0 Å². The highest BCUT2D eigenvalue weighted by molar-refractivity contribution is 6.22. The number of hydrogen-bond donors (Lipinski definition) is 0. The van der Waals surface area contributed by atoms with E-state index in [1.807, 2.05) is 59.5 Å². The zero-order chi connectivity index (χ0) is 20.7. The van der Waals surface area contributed by atoms with Gasteiger partial charge in [-0.15, -0.1) is 0 Å². The maximum absolute atomic E-state index is 13.1. The summed E-state index contributed by atoms with van der Waals surface area (Å²) in [5.41, 5.74) is 4.87. The molecule has 3 aromatic carbocycles. The number of hydrogen-bond acceptors (Lipinski definition) is 4. The minimum absolute atomic E-state index is 0.00176. The zero-order valence-corrected chi connectivity index (χ0v) is 16.8. The number of methoxy groups -OCH3 is 1. The van der Waals surface area contributed by atoms with Crippen molar-refractivity contribution in [2.75, 3.05) is 38.2 Å². The van der Waals surface area contributed by atoms with E-state index in [2.05, 4.69) is 11.0 Å². The molecule has 5 heteroatoms. The van der Waals surface area contributed by atoms with Crippen molar-refractivity contribution in [3.05, 3.63) is 83.4 Å². The first-order chi connectivity index (χ1) is 14.7. The number of nitrogens with zero attached hydrogens (tertiary/aromatic N) is 2. The number of benzene rings is 3. The monoisotopic (exact) mass is 398 g/mol. The van der Waals surface area contributed by atoms with Crippen molar-refractivity contribution in [1.82, 2.24) is 4.90 Å². The number of amides is 1. The fourth-order valence-corrected chi connectivity index (χ4v) is 4.32. The lowest BCUT2D eigenvalue weighted by Crippen LogP contribution is -2.48. The summed E-state index contributed by atoms with van der Waals surface area (Å²) in [7, 11) is 1.66. The second-order valence-electron chi connectivity index (χ2n) is 7.62.